The van der Waals surface area contributed by atoms with E-state index in [4.69, 9.17) is 10.5 Å². The topological polar surface area (TPSA) is 89.7 Å². The van der Waals surface area contributed by atoms with E-state index in [0.717, 1.165) is 0 Å². The zero-order valence-electron chi connectivity index (χ0n) is 8.96. The van der Waals surface area contributed by atoms with Crippen LogP contribution in [0.15, 0.2) is 0 Å². The zero-order valence-corrected chi connectivity index (χ0v) is 9.78. The Hall–Kier alpha value is -0.820. The van der Waals surface area contributed by atoms with E-state index >= 15 is 0 Å². The van der Waals surface area contributed by atoms with Crippen molar-refractivity contribution in [2.75, 3.05) is 24.7 Å². The van der Waals surface area contributed by atoms with Crippen LogP contribution in [0.25, 0.3) is 0 Å². The van der Waals surface area contributed by atoms with E-state index < -0.39 is 15.9 Å². The molecule has 1 amide bonds. The van der Waals surface area contributed by atoms with E-state index in [2.05, 4.69) is 0 Å². The van der Waals surface area contributed by atoms with Gasteiger partial charge in [0, 0.05) is 0 Å². The molecule has 2 fully saturated rings. The Morgan fingerprint density at radius 2 is 2.25 bits per heavy atom. The smallest absolute Gasteiger partial charge is 0.410 e. The van der Waals surface area contributed by atoms with E-state index in [1.54, 1.807) is 4.90 Å². The van der Waals surface area contributed by atoms with Crippen LogP contribution >= 0.6 is 0 Å². The molecule has 0 aliphatic carbocycles. The molecule has 2 aliphatic heterocycles. The number of cyclic esters (lactones) is 1. The summed E-state index contributed by atoms with van der Waals surface area (Å²) in [6.45, 7) is 0.795. The standard InChI is InChI=1S/C9H16N2O4S/c10-3-1-7-5-15-9(12)11(7)8-2-4-16(13,14)6-8/h7-8H,1-6,10H2. The van der Waals surface area contributed by atoms with Gasteiger partial charge >= 0.3 is 6.09 Å². The molecule has 0 aromatic rings. The molecule has 2 unspecified atom stereocenters. The van der Waals surface area contributed by atoms with Gasteiger partial charge < -0.3 is 10.5 Å². The number of rotatable bonds is 3. The van der Waals surface area contributed by atoms with Crippen LogP contribution in [-0.2, 0) is 14.6 Å². The number of hydrogen-bond acceptors (Lipinski definition) is 5. The van der Waals surface area contributed by atoms with E-state index in [9.17, 15) is 13.2 Å². The minimum Gasteiger partial charge on any atom is -0.447 e. The molecule has 2 heterocycles. The summed E-state index contributed by atoms with van der Waals surface area (Å²) in [6, 6.07) is -0.285. The Kier molecular flexibility index (Phi) is 3.07. The number of nitrogens with zero attached hydrogens (tertiary/aromatic N) is 1. The fourth-order valence-corrected chi connectivity index (χ4v) is 4.04. The highest BCUT2D eigenvalue weighted by Gasteiger charge is 2.42. The molecule has 7 heteroatoms. The molecule has 0 bridgehead atoms. The summed E-state index contributed by atoms with van der Waals surface area (Å²) in [5.41, 5.74) is 5.46. The van der Waals surface area contributed by atoms with Crippen molar-refractivity contribution in [2.45, 2.75) is 24.9 Å². The summed E-state index contributed by atoms with van der Waals surface area (Å²) in [4.78, 5) is 13.1. The molecule has 0 radical (unpaired) electrons. The van der Waals surface area contributed by atoms with Gasteiger partial charge in [-0.05, 0) is 19.4 Å². The fraction of sp³-hybridized carbons (Fsp3) is 0.889. The largest absolute Gasteiger partial charge is 0.447 e. The van der Waals surface area contributed by atoms with Crippen LogP contribution in [0.4, 0.5) is 4.79 Å². The summed E-state index contributed by atoms with van der Waals surface area (Å²) in [7, 11) is -2.98. The van der Waals surface area contributed by atoms with E-state index in [1.165, 1.54) is 0 Å². The molecule has 0 aromatic heterocycles. The maximum Gasteiger partial charge on any atom is 0.410 e. The van der Waals surface area contributed by atoms with Gasteiger partial charge in [0.15, 0.2) is 9.84 Å². The molecule has 2 aliphatic rings. The summed E-state index contributed by atoms with van der Waals surface area (Å²) in [6.07, 6.45) is 0.765. The molecule has 0 aromatic carbocycles. The van der Waals surface area contributed by atoms with E-state index in [-0.39, 0.29) is 23.6 Å². The Labute approximate surface area is 94.6 Å². The average molecular weight is 248 g/mol. The van der Waals surface area contributed by atoms with Crippen LogP contribution in [0.1, 0.15) is 12.8 Å². The number of sulfone groups is 1. The Balaban J connectivity index is 2.09. The lowest BCUT2D eigenvalue weighted by Gasteiger charge is -2.26. The quantitative estimate of drug-likeness (QED) is 0.716. The number of carbonyl (C=O) groups is 1. The summed E-state index contributed by atoms with van der Waals surface area (Å²) in [5, 5.41) is 0. The Morgan fingerprint density at radius 1 is 1.50 bits per heavy atom. The first-order valence-corrected chi connectivity index (χ1v) is 7.21. The SMILES string of the molecule is NCCC1COC(=O)N1C1CCS(=O)(=O)C1. The second kappa shape index (κ2) is 4.21. The van der Waals surface area contributed by atoms with Crippen LogP contribution < -0.4 is 5.73 Å². The van der Waals surface area contributed by atoms with Crippen LogP contribution in [-0.4, -0.2) is 56.2 Å². The van der Waals surface area contributed by atoms with Gasteiger partial charge in [0.05, 0.1) is 23.6 Å². The first-order chi connectivity index (χ1) is 7.53. The van der Waals surface area contributed by atoms with Crippen LogP contribution in [0, 0.1) is 0 Å². The second-order valence-corrected chi connectivity index (χ2v) is 6.50. The minimum absolute atomic E-state index is 0.0587. The maximum absolute atomic E-state index is 11.5. The first kappa shape index (κ1) is 11.7. The monoisotopic (exact) mass is 248 g/mol. The average Bonchev–Trinajstić information content (AvgIpc) is 2.71. The highest BCUT2D eigenvalue weighted by molar-refractivity contribution is 7.91. The lowest BCUT2D eigenvalue weighted by atomic mass is 10.1. The van der Waals surface area contributed by atoms with E-state index in [1.807, 2.05) is 0 Å². The molecule has 16 heavy (non-hydrogen) atoms. The number of carbonyl (C=O) groups excluding carboxylic acids is 1. The van der Waals surface area contributed by atoms with Crippen molar-refractivity contribution < 1.29 is 17.9 Å². The van der Waals surface area contributed by atoms with Crippen molar-refractivity contribution in [3.63, 3.8) is 0 Å². The molecular weight excluding hydrogens is 232 g/mol. The predicted molar refractivity (Wildman–Crippen MR) is 57.7 cm³/mol. The maximum atomic E-state index is 11.5. The second-order valence-electron chi connectivity index (χ2n) is 4.27. The van der Waals surface area contributed by atoms with Crippen molar-refractivity contribution in [3.8, 4) is 0 Å². The van der Waals surface area contributed by atoms with Crippen LogP contribution in [0.3, 0.4) is 0 Å². The van der Waals surface area contributed by atoms with Crippen molar-refractivity contribution in [1.82, 2.24) is 4.90 Å². The number of amides is 1. The molecule has 92 valence electrons. The molecule has 6 nitrogen and oxygen atoms in total. The van der Waals surface area contributed by atoms with Crippen LogP contribution in [0.5, 0.6) is 0 Å². The number of nitrogens with two attached hydrogens (primary N) is 1. The highest BCUT2D eigenvalue weighted by atomic mass is 32.2. The molecule has 2 N–H and O–H groups in total. The third-order valence-corrected chi connectivity index (χ3v) is 4.86. The lowest BCUT2D eigenvalue weighted by Crippen LogP contribution is -2.43. The van der Waals surface area contributed by atoms with Crippen molar-refractivity contribution >= 4 is 15.9 Å². The first-order valence-electron chi connectivity index (χ1n) is 5.39. The molecule has 0 saturated carbocycles. The van der Waals surface area contributed by atoms with Gasteiger partial charge in [-0.3, -0.25) is 4.90 Å². The third kappa shape index (κ3) is 2.15. The zero-order chi connectivity index (χ0) is 11.8. The molecule has 2 atom stereocenters. The van der Waals surface area contributed by atoms with Gasteiger partial charge in [-0.1, -0.05) is 0 Å². The Morgan fingerprint density at radius 3 is 2.81 bits per heavy atom. The number of hydrogen-bond donors (Lipinski definition) is 1. The molecule has 2 rings (SSSR count). The van der Waals surface area contributed by atoms with Crippen LogP contribution in [0.2, 0.25) is 0 Å². The molecule has 2 saturated heterocycles. The van der Waals surface area contributed by atoms with Gasteiger partial charge in [0.2, 0.25) is 0 Å². The lowest BCUT2D eigenvalue weighted by molar-refractivity contribution is 0.147. The number of ether oxygens (including phenoxy) is 1. The molecular formula is C9H16N2O4S. The highest BCUT2D eigenvalue weighted by Crippen LogP contribution is 2.25. The summed E-state index contributed by atoms with van der Waals surface area (Å²) >= 11 is 0. The Bertz CT molecular complexity index is 381. The van der Waals surface area contributed by atoms with Gasteiger partial charge in [0.25, 0.3) is 0 Å². The molecule has 0 spiro atoms. The normalized spacial score (nSPS) is 33.1. The van der Waals surface area contributed by atoms with Gasteiger partial charge in [-0.15, -0.1) is 0 Å². The fourth-order valence-electron chi connectivity index (χ4n) is 2.33. The van der Waals surface area contributed by atoms with Gasteiger partial charge in [-0.25, -0.2) is 13.2 Å². The third-order valence-electron chi connectivity index (χ3n) is 3.11. The predicted octanol–water partition coefficient (Wildman–Crippen LogP) is -0.657. The van der Waals surface area contributed by atoms with Gasteiger partial charge in [-0.2, -0.15) is 0 Å². The minimum atomic E-state index is -2.98. The van der Waals surface area contributed by atoms with Crippen molar-refractivity contribution in [1.29, 1.82) is 0 Å². The van der Waals surface area contributed by atoms with Crippen molar-refractivity contribution in [2.24, 2.45) is 5.73 Å². The van der Waals surface area contributed by atoms with E-state index in [0.29, 0.717) is 26.0 Å². The summed E-state index contributed by atoms with van der Waals surface area (Å²) in [5.74, 6) is 0.222. The van der Waals surface area contributed by atoms with Crippen molar-refractivity contribution in [3.05, 3.63) is 0 Å². The summed E-state index contributed by atoms with van der Waals surface area (Å²) < 4.78 is 27.7. The van der Waals surface area contributed by atoms with Gasteiger partial charge in [0.1, 0.15) is 6.61 Å².